The van der Waals surface area contributed by atoms with Crippen molar-refractivity contribution in [1.29, 1.82) is 0 Å². The number of ether oxygens (including phenoxy) is 1. The number of methoxy groups -OCH3 is 1. The predicted molar refractivity (Wildman–Crippen MR) is 146 cm³/mol. The molecule has 3 aromatic carbocycles. The molecule has 0 saturated heterocycles. The van der Waals surface area contributed by atoms with Crippen LogP contribution < -0.4 is 20.7 Å². The van der Waals surface area contributed by atoms with Gasteiger partial charge in [-0.2, -0.15) is 0 Å². The minimum Gasteiger partial charge on any atom is -0.495 e. The van der Waals surface area contributed by atoms with Gasteiger partial charge in [-0.1, -0.05) is 57.2 Å². The van der Waals surface area contributed by atoms with E-state index in [4.69, 9.17) is 4.74 Å². The number of pyridine rings is 1. The van der Waals surface area contributed by atoms with E-state index in [2.05, 4.69) is 41.7 Å². The number of urea groups is 1. The normalized spacial score (nSPS) is 11.1. The first-order valence-corrected chi connectivity index (χ1v) is 11.7. The van der Waals surface area contributed by atoms with Crippen molar-refractivity contribution < 1.29 is 14.3 Å². The molecule has 4 rings (SSSR count). The Labute approximate surface area is 210 Å². The zero-order valence-electron chi connectivity index (χ0n) is 21.1. The third kappa shape index (κ3) is 5.46. The van der Waals surface area contributed by atoms with Crippen molar-refractivity contribution in [2.24, 2.45) is 0 Å². The van der Waals surface area contributed by atoms with E-state index in [9.17, 15) is 9.59 Å². The van der Waals surface area contributed by atoms with Crippen LogP contribution in [0.2, 0.25) is 0 Å². The summed E-state index contributed by atoms with van der Waals surface area (Å²) in [6, 6.07) is 20.8. The highest BCUT2D eigenvalue weighted by Gasteiger charge is 2.17. The molecule has 3 amide bonds. The van der Waals surface area contributed by atoms with Crippen molar-refractivity contribution in [3.05, 3.63) is 78.5 Å². The molecule has 7 heteroatoms. The fraction of sp³-hybridized carbons (Fsp3) is 0.207. The standard InChI is InChI=1S/C29H30N4O3/c1-18(34)31-27-15-10-19(17-30-27)21-12-13-24(23-9-7-6-8-22(21)23)32-28(35)33-25-16-20(29(2,3)4)11-14-26(25)36-5/h6-17H,1-5H3,(H,30,31,34)(H2,32,33,35). The van der Waals surface area contributed by atoms with Crippen molar-refractivity contribution in [3.8, 4) is 16.9 Å². The van der Waals surface area contributed by atoms with Gasteiger partial charge in [0.1, 0.15) is 11.6 Å². The van der Waals surface area contributed by atoms with Gasteiger partial charge in [0.15, 0.2) is 0 Å². The van der Waals surface area contributed by atoms with E-state index in [1.165, 1.54) is 6.92 Å². The van der Waals surface area contributed by atoms with Crippen molar-refractivity contribution in [2.75, 3.05) is 23.1 Å². The van der Waals surface area contributed by atoms with Gasteiger partial charge in [-0.3, -0.25) is 4.79 Å². The van der Waals surface area contributed by atoms with Crippen molar-refractivity contribution in [2.45, 2.75) is 33.1 Å². The molecule has 4 aromatic rings. The summed E-state index contributed by atoms with van der Waals surface area (Å²) in [7, 11) is 1.58. The van der Waals surface area contributed by atoms with E-state index >= 15 is 0 Å². The summed E-state index contributed by atoms with van der Waals surface area (Å²) in [6.07, 6.45) is 1.72. The second-order valence-electron chi connectivity index (χ2n) is 9.56. The smallest absolute Gasteiger partial charge is 0.323 e. The lowest BCUT2D eigenvalue weighted by atomic mass is 9.87. The van der Waals surface area contributed by atoms with E-state index in [1.54, 1.807) is 19.4 Å². The van der Waals surface area contributed by atoms with Crippen LogP contribution >= 0.6 is 0 Å². The number of aromatic nitrogens is 1. The molecule has 0 fully saturated rings. The van der Waals surface area contributed by atoms with Gasteiger partial charge < -0.3 is 20.7 Å². The highest BCUT2D eigenvalue weighted by molar-refractivity contribution is 6.10. The molecule has 0 atom stereocenters. The molecule has 3 N–H and O–H groups in total. The Hall–Kier alpha value is -4.39. The Morgan fingerprint density at radius 2 is 1.56 bits per heavy atom. The van der Waals surface area contributed by atoms with Crippen LogP contribution in [-0.2, 0) is 10.2 Å². The number of nitrogens with one attached hydrogen (secondary N) is 3. The molecule has 0 aliphatic carbocycles. The molecule has 0 saturated carbocycles. The van der Waals surface area contributed by atoms with Crippen molar-refractivity contribution in [1.82, 2.24) is 4.98 Å². The number of carbonyl (C=O) groups is 2. The molecule has 0 spiro atoms. The summed E-state index contributed by atoms with van der Waals surface area (Å²) in [4.78, 5) is 28.6. The van der Waals surface area contributed by atoms with Crippen LogP contribution in [0.3, 0.4) is 0 Å². The number of rotatable bonds is 5. The molecule has 1 aromatic heterocycles. The molecule has 0 aliphatic rings. The largest absolute Gasteiger partial charge is 0.495 e. The first-order valence-electron chi connectivity index (χ1n) is 11.7. The summed E-state index contributed by atoms with van der Waals surface area (Å²) in [5.41, 5.74) is 4.18. The molecular formula is C29H30N4O3. The van der Waals surface area contributed by atoms with E-state index < -0.39 is 0 Å². The number of carbonyl (C=O) groups excluding carboxylic acids is 2. The summed E-state index contributed by atoms with van der Waals surface area (Å²) in [5.74, 6) is 0.919. The topological polar surface area (TPSA) is 92.4 Å². The monoisotopic (exact) mass is 482 g/mol. The molecule has 184 valence electrons. The van der Waals surface area contributed by atoms with E-state index in [1.807, 2.05) is 60.7 Å². The fourth-order valence-corrected chi connectivity index (χ4v) is 4.02. The van der Waals surface area contributed by atoms with Gasteiger partial charge >= 0.3 is 6.03 Å². The second kappa shape index (κ2) is 10.1. The Kier molecular flexibility index (Phi) is 6.92. The maximum atomic E-state index is 13.0. The second-order valence-corrected chi connectivity index (χ2v) is 9.56. The number of hydrogen-bond acceptors (Lipinski definition) is 4. The van der Waals surface area contributed by atoms with Gasteiger partial charge in [0, 0.05) is 24.1 Å². The summed E-state index contributed by atoms with van der Waals surface area (Å²) in [5, 5.41) is 10.5. The SMILES string of the molecule is COc1ccc(C(C)(C)C)cc1NC(=O)Nc1ccc(-c2ccc(NC(C)=O)nc2)c2ccccc12. The van der Waals surface area contributed by atoms with Crippen molar-refractivity contribution >= 4 is 39.9 Å². The Balaban J connectivity index is 1.62. The van der Waals surface area contributed by atoms with Crippen LogP contribution in [0, 0.1) is 0 Å². The number of benzene rings is 3. The third-order valence-corrected chi connectivity index (χ3v) is 5.86. The Morgan fingerprint density at radius 1 is 0.833 bits per heavy atom. The van der Waals surface area contributed by atoms with Gasteiger partial charge in [-0.25, -0.2) is 9.78 Å². The molecule has 36 heavy (non-hydrogen) atoms. The molecule has 0 bridgehead atoms. The Morgan fingerprint density at radius 3 is 2.19 bits per heavy atom. The number of anilines is 3. The predicted octanol–water partition coefficient (Wildman–Crippen LogP) is 6.81. The lowest BCUT2D eigenvalue weighted by molar-refractivity contribution is -0.114. The summed E-state index contributed by atoms with van der Waals surface area (Å²) >= 11 is 0. The van der Waals surface area contributed by atoms with Crippen LogP contribution in [-0.4, -0.2) is 24.0 Å². The van der Waals surface area contributed by atoms with Gasteiger partial charge in [0.2, 0.25) is 5.91 Å². The highest BCUT2D eigenvalue weighted by atomic mass is 16.5. The first-order chi connectivity index (χ1) is 17.2. The van der Waals surface area contributed by atoms with Gasteiger partial charge in [0.05, 0.1) is 18.5 Å². The zero-order chi connectivity index (χ0) is 25.9. The molecule has 0 radical (unpaired) electrons. The Bertz CT molecular complexity index is 1420. The fourth-order valence-electron chi connectivity index (χ4n) is 4.02. The maximum absolute atomic E-state index is 13.0. The summed E-state index contributed by atoms with van der Waals surface area (Å²) in [6.45, 7) is 7.81. The van der Waals surface area contributed by atoms with E-state index in [0.717, 1.165) is 27.5 Å². The lowest BCUT2D eigenvalue weighted by Crippen LogP contribution is -2.21. The number of amides is 3. The van der Waals surface area contributed by atoms with Crippen molar-refractivity contribution in [3.63, 3.8) is 0 Å². The zero-order valence-corrected chi connectivity index (χ0v) is 21.1. The van der Waals surface area contributed by atoms with Gasteiger partial charge in [0.25, 0.3) is 0 Å². The van der Waals surface area contributed by atoms with Crippen LogP contribution in [0.5, 0.6) is 5.75 Å². The average Bonchev–Trinajstić information content (AvgIpc) is 2.84. The minimum atomic E-state index is -0.362. The molecule has 1 heterocycles. The van der Waals surface area contributed by atoms with Gasteiger partial charge in [-0.05, 0) is 52.3 Å². The van der Waals surface area contributed by atoms with Crippen LogP contribution in [0.1, 0.15) is 33.3 Å². The van der Waals surface area contributed by atoms with Crippen LogP contribution in [0.25, 0.3) is 21.9 Å². The van der Waals surface area contributed by atoms with E-state index in [-0.39, 0.29) is 17.4 Å². The quantitative estimate of drug-likeness (QED) is 0.291. The van der Waals surface area contributed by atoms with Gasteiger partial charge in [-0.15, -0.1) is 0 Å². The van der Waals surface area contributed by atoms with Crippen LogP contribution in [0.15, 0.2) is 72.9 Å². The molecular weight excluding hydrogens is 452 g/mol. The number of fused-ring (bicyclic) bond motifs is 1. The van der Waals surface area contributed by atoms with E-state index in [0.29, 0.717) is 22.9 Å². The molecule has 0 unspecified atom stereocenters. The average molecular weight is 483 g/mol. The minimum absolute atomic E-state index is 0.0690. The molecule has 0 aliphatic heterocycles. The highest BCUT2D eigenvalue weighted by Crippen LogP contribution is 2.34. The number of nitrogens with zero attached hydrogens (tertiary/aromatic N) is 1. The lowest BCUT2D eigenvalue weighted by Gasteiger charge is -2.21. The number of hydrogen-bond donors (Lipinski definition) is 3. The molecule has 7 nitrogen and oxygen atoms in total. The third-order valence-electron chi connectivity index (χ3n) is 5.86. The first kappa shape index (κ1) is 24.7. The maximum Gasteiger partial charge on any atom is 0.323 e. The summed E-state index contributed by atoms with van der Waals surface area (Å²) < 4.78 is 5.46. The van der Waals surface area contributed by atoms with Crippen LogP contribution in [0.4, 0.5) is 22.0 Å².